The number of carbonyl (C=O) groups excluding carboxylic acids is 2. The van der Waals surface area contributed by atoms with Gasteiger partial charge < -0.3 is 4.74 Å². The van der Waals surface area contributed by atoms with E-state index in [1.54, 1.807) is 24.3 Å². The average Bonchev–Trinajstić information content (AvgIpc) is 2.70. The van der Waals surface area contributed by atoms with Crippen LogP contribution in [0.3, 0.4) is 0 Å². The summed E-state index contributed by atoms with van der Waals surface area (Å²) in [6, 6.07) is 13.3. The summed E-state index contributed by atoms with van der Waals surface area (Å²) in [6.07, 6.45) is 0. The Hall–Kier alpha value is -3.56. The van der Waals surface area contributed by atoms with Gasteiger partial charge >= 0.3 is 5.91 Å². The number of azo groups is 1. The third kappa shape index (κ3) is 2.84. The van der Waals surface area contributed by atoms with Gasteiger partial charge in [0.1, 0.15) is 23.7 Å². The van der Waals surface area contributed by atoms with Crippen molar-refractivity contribution in [3.63, 3.8) is 0 Å². The molecule has 0 unspecified atom stereocenters. The molecule has 136 valence electrons. The maximum Gasteiger partial charge on any atom is 0.316 e. The molecule has 0 aromatic heterocycles. The average molecular weight is 366 g/mol. The van der Waals surface area contributed by atoms with Gasteiger partial charge in [0.2, 0.25) is 5.78 Å². The van der Waals surface area contributed by atoms with Crippen LogP contribution in [0.2, 0.25) is 0 Å². The molecule has 9 nitrogen and oxygen atoms in total. The molecule has 0 fully saturated rings. The second kappa shape index (κ2) is 6.63. The lowest BCUT2D eigenvalue weighted by molar-refractivity contribution is -0.115. The number of fused-ring (bicyclic) bond motifs is 1. The number of rotatable bonds is 4. The molecule has 0 spiro atoms. The Morgan fingerprint density at radius 1 is 1.07 bits per heavy atom. The molecule has 0 saturated heterocycles. The molecule has 2 aromatic carbocycles. The summed E-state index contributed by atoms with van der Waals surface area (Å²) in [6.45, 7) is -0.374. The van der Waals surface area contributed by atoms with Crippen molar-refractivity contribution in [2.24, 2.45) is 10.2 Å². The van der Waals surface area contributed by atoms with Gasteiger partial charge in [0.15, 0.2) is 12.3 Å². The molecule has 2 aliphatic rings. The van der Waals surface area contributed by atoms with Crippen LogP contribution in [0.25, 0.3) is 0 Å². The zero-order chi connectivity index (χ0) is 19.0. The van der Waals surface area contributed by atoms with Crippen LogP contribution in [0, 0.1) is 0 Å². The summed E-state index contributed by atoms with van der Waals surface area (Å²) >= 11 is 0. The third-order valence-corrected chi connectivity index (χ3v) is 4.19. The smallest absolute Gasteiger partial charge is 0.316 e. The maximum absolute atomic E-state index is 12.7. The monoisotopic (exact) mass is 366 g/mol. The summed E-state index contributed by atoms with van der Waals surface area (Å²) in [5, 5.41) is 29.4. The Morgan fingerprint density at radius 3 is 2.63 bits per heavy atom. The molecule has 2 aliphatic heterocycles. The van der Waals surface area contributed by atoms with Gasteiger partial charge in [-0.05, 0) is 24.3 Å². The zero-order valence-corrected chi connectivity index (χ0v) is 13.9. The van der Waals surface area contributed by atoms with E-state index in [-0.39, 0.29) is 41.5 Å². The molecule has 4 rings (SSSR count). The van der Waals surface area contributed by atoms with E-state index in [4.69, 9.17) is 4.74 Å². The normalized spacial score (nSPS) is 15.6. The SMILES string of the molecule is O=C1N=NCC2=C1N(O)c1cccc(C(=O)COc3ccccc3)c1N2O. The van der Waals surface area contributed by atoms with Gasteiger partial charge in [0.05, 0.1) is 5.69 Å². The highest BCUT2D eigenvalue weighted by Gasteiger charge is 2.37. The minimum absolute atomic E-state index is 0.0363. The van der Waals surface area contributed by atoms with E-state index in [2.05, 4.69) is 10.2 Å². The molecule has 1 amide bonds. The number of benzene rings is 2. The van der Waals surface area contributed by atoms with Crippen molar-refractivity contribution in [3.8, 4) is 5.75 Å². The number of para-hydroxylation sites is 2. The van der Waals surface area contributed by atoms with Gasteiger partial charge in [-0.3, -0.25) is 20.0 Å². The quantitative estimate of drug-likeness (QED) is 0.799. The predicted molar refractivity (Wildman–Crippen MR) is 93.0 cm³/mol. The first-order valence-corrected chi connectivity index (χ1v) is 8.05. The second-order valence-corrected chi connectivity index (χ2v) is 5.82. The van der Waals surface area contributed by atoms with Gasteiger partial charge in [0.25, 0.3) is 0 Å². The van der Waals surface area contributed by atoms with Crippen LogP contribution < -0.4 is 14.9 Å². The number of hydrogen-bond donors (Lipinski definition) is 2. The van der Waals surface area contributed by atoms with E-state index >= 15 is 0 Å². The molecule has 2 heterocycles. The topological polar surface area (TPSA) is 115 Å². The van der Waals surface area contributed by atoms with Crippen LogP contribution in [0.4, 0.5) is 11.4 Å². The summed E-state index contributed by atoms with van der Waals surface area (Å²) in [5.41, 5.74) is 0.0865. The highest BCUT2D eigenvalue weighted by molar-refractivity contribution is 6.08. The van der Waals surface area contributed by atoms with E-state index in [0.29, 0.717) is 15.9 Å². The Labute approximate surface area is 153 Å². The van der Waals surface area contributed by atoms with E-state index in [1.165, 1.54) is 18.2 Å². The highest BCUT2D eigenvalue weighted by atomic mass is 16.5. The summed E-state index contributed by atoms with van der Waals surface area (Å²) in [4.78, 5) is 24.6. The van der Waals surface area contributed by atoms with Crippen LogP contribution in [-0.2, 0) is 4.79 Å². The van der Waals surface area contributed by atoms with E-state index in [0.717, 1.165) is 0 Å². The van der Waals surface area contributed by atoms with E-state index in [9.17, 15) is 20.0 Å². The lowest BCUT2D eigenvalue weighted by Gasteiger charge is -2.35. The fraction of sp³-hybridized carbons (Fsp3) is 0.111. The van der Waals surface area contributed by atoms with E-state index in [1.807, 2.05) is 6.07 Å². The predicted octanol–water partition coefficient (Wildman–Crippen LogP) is 2.56. The van der Waals surface area contributed by atoms with Gasteiger partial charge in [-0.2, -0.15) is 5.11 Å². The molecule has 2 N–H and O–H groups in total. The Balaban J connectivity index is 1.67. The van der Waals surface area contributed by atoms with Crippen molar-refractivity contribution in [3.05, 3.63) is 65.5 Å². The Kier molecular flexibility index (Phi) is 4.15. The van der Waals surface area contributed by atoms with Crippen molar-refractivity contribution in [1.82, 2.24) is 0 Å². The molecule has 0 atom stereocenters. The number of ketones is 1. The molecule has 0 aliphatic carbocycles. The van der Waals surface area contributed by atoms with Crippen LogP contribution in [-0.4, -0.2) is 35.3 Å². The number of Topliss-reactive ketones (excluding diaryl/α,β-unsaturated/α-hetero) is 1. The number of hydrogen-bond acceptors (Lipinski definition) is 8. The number of anilines is 2. The largest absolute Gasteiger partial charge is 0.485 e. The first kappa shape index (κ1) is 16.9. The number of ether oxygens (including phenoxy) is 1. The first-order valence-electron chi connectivity index (χ1n) is 8.05. The summed E-state index contributed by atoms with van der Waals surface area (Å²) < 4.78 is 5.47. The van der Waals surface area contributed by atoms with Gasteiger partial charge in [-0.25, -0.2) is 10.1 Å². The van der Waals surface area contributed by atoms with Gasteiger partial charge in [0, 0.05) is 5.56 Å². The van der Waals surface area contributed by atoms with Crippen molar-refractivity contribution in [2.75, 3.05) is 23.3 Å². The van der Waals surface area contributed by atoms with Crippen molar-refractivity contribution >= 4 is 23.1 Å². The molecule has 0 bridgehead atoms. The van der Waals surface area contributed by atoms with Crippen LogP contribution in [0.5, 0.6) is 5.75 Å². The summed E-state index contributed by atoms with van der Waals surface area (Å²) in [7, 11) is 0. The highest BCUT2D eigenvalue weighted by Crippen LogP contribution is 2.41. The van der Waals surface area contributed by atoms with E-state index < -0.39 is 11.7 Å². The van der Waals surface area contributed by atoms with Crippen LogP contribution in [0.15, 0.2) is 70.2 Å². The number of nitrogens with zero attached hydrogens (tertiary/aromatic N) is 4. The molecule has 0 saturated carbocycles. The molecular formula is C18H14N4O5. The molecule has 9 heteroatoms. The van der Waals surface area contributed by atoms with Crippen molar-refractivity contribution in [2.45, 2.75) is 0 Å². The van der Waals surface area contributed by atoms with Gasteiger partial charge in [-0.1, -0.05) is 24.3 Å². The lowest BCUT2D eigenvalue weighted by atomic mass is 10.0. The Bertz CT molecular complexity index is 987. The maximum atomic E-state index is 12.7. The molecule has 2 aromatic rings. The molecule has 27 heavy (non-hydrogen) atoms. The fourth-order valence-corrected chi connectivity index (χ4v) is 2.94. The second-order valence-electron chi connectivity index (χ2n) is 5.82. The van der Waals surface area contributed by atoms with Crippen molar-refractivity contribution in [1.29, 1.82) is 0 Å². The lowest BCUT2D eigenvalue weighted by Crippen LogP contribution is -2.39. The molecule has 0 radical (unpaired) electrons. The number of hydroxylamine groups is 2. The van der Waals surface area contributed by atoms with Crippen LogP contribution in [0.1, 0.15) is 10.4 Å². The van der Waals surface area contributed by atoms with Crippen LogP contribution >= 0.6 is 0 Å². The van der Waals surface area contributed by atoms with Gasteiger partial charge in [-0.15, -0.1) is 5.11 Å². The zero-order valence-electron chi connectivity index (χ0n) is 13.9. The minimum Gasteiger partial charge on any atom is -0.485 e. The standard InChI is InChI=1S/C18H14N4O5/c23-15(10-27-11-5-2-1-3-6-11)12-7-4-8-13-16(12)22(26)14-9-19-20-18(24)17(14)21(13)25/h1-8,25-26H,9-10H2. The number of carbonyl (C=O) groups is 2. The summed E-state index contributed by atoms with van der Waals surface area (Å²) in [5.74, 6) is -0.660. The molecular weight excluding hydrogens is 352 g/mol. The third-order valence-electron chi connectivity index (χ3n) is 4.19. The number of amides is 1. The minimum atomic E-state index is -0.785. The Morgan fingerprint density at radius 2 is 1.85 bits per heavy atom. The fourth-order valence-electron chi connectivity index (χ4n) is 2.94. The van der Waals surface area contributed by atoms with Crippen molar-refractivity contribution < 1.29 is 24.7 Å². The first-order chi connectivity index (χ1) is 13.1.